The van der Waals surface area contributed by atoms with E-state index in [-0.39, 0.29) is 12.1 Å². The lowest BCUT2D eigenvalue weighted by molar-refractivity contribution is -0.139. The quantitative estimate of drug-likeness (QED) is 0.788. The van der Waals surface area contributed by atoms with Crippen LogP contribution in [0.2, 0.25) is 0 Å². The van der Waals surface area contributed by atoms with Crippen molar-refractivity contribution in [1.82, 2.24) is 10.2 Å². The van der Waals surface area contributed by atoms with Crippen LogP contribution in [0.3, 0.4) is 0 Å². The Balaban J connectivity index is 2.48. The second kappa shape index (κ2) is 8.12. The van der Waals surface area contributed by atoms with Crippen molar-refractivity contribution in [3.8, 4) is 0 Å². The number of nitrogens with zero attached hydrogens (tertiary/aromatic N) is 1. The Labute approximate surface area is 121 Å². The van der Waals surface area contributed by atoms with Crippen LogP contribution in [0.4, 0.5) is 4.79 Å². The summed E-state index contributed by atoms with van der Waals surface area (Å²) in [6.07, 6.45) is 6.79. The number of urea groups is 1. The van der Waals surface area contributed by atoms with Gasteiger partial charge in [-0.1, -0.05) is 26.7 Å². The van der Waals surface area contributed by atoms with Crippen molar-refractivity contribution >= 4 is 12.0 Å². The molecule has 20 heavy (non-hydrogen) atoms. The maximum absolute atomic E-state index is 12.1. The van der Waals surface area contributed by atoms with Crippen LogP contribution < -0.4 is 5.32 Å². The van der Waals surface area contributed by atoms with Crippen molar-refractivity contribution in [1.29, 1.82) is 0 Å². The fourth-order valence-corrected chi connectivity index (χ4v) is 2.90. The van der Waals surface area contributed by atoms with E-state index >= 15 is 0 Å². The van der Waals surface area contributed by atoms with E-state index in [4.69, 9.17) is 5.11 Å². The molecule has 1 atom stereocenters. The predicted molar refractivity (Wildman–Crippen MR) is 78.7 cm³/mol. The van der Waals surface area contributed by atoms with Crippen molar-refractivity contribution in [2.75, 3.05) is 7.05 Å². The van der Waals surface area contributed by atoms with Crippen LogP contribution in [0.1, 0.15) is 58.8 Å². The summed E-state index contributed by atoms with van der Waals surface area (Å²) in [4.78, 5) is 24.9. The number of rotatable bonds is 6. The van der Waals surface area contributed by atoms with Crippen molar-refractivity contribution < 1.29 is 14.7 Å². The molecule has 1 fully saturated rings. The van der Waals surface area contributed by atoms with Crippen LogP contribution in [-0.4, -0.2) is 41.1 Å². The molecule has 0 unspecified atom stereocenters. The SMILES string of the molecule is CCC[C@@H](NC(=O)N(C)C1CCC(CC)CC1)C(=O)O. The number of amides is 2. The fourth-order valence-electron chi connectivity index (χ4n) is 2.90. The van der Waals surface area contributed by atoms with Crippen molar-refractivity contribution in [2.45, 2.75) is 70.9 Å². The monoisotopic (exact) mass is 284 g/mol. The third-order valence-electron chi connectivity index (χ3n) is 4.43. The highest BCUT2D eigenvalue weighted by Gasteiger charge is 2.28. The van der Waals surface area contributed by atoms with E-state index in [0.29, 0.717) is 6.42 Å². The molecule has 0 aromatic carbocycles. The number of nitrogens with one attached hydrogen (secondary N) is 1. The topological polar surface area (TPSA) is 69.6 Å². The van der Waals surface area contributed by atoms with Gasteiger partial charge in [0.25, 0.3) is 0 Å². The highest BCUT2D eigenvalue weighted by atomic mass is 16.4. The van der Waals surface area contributed by atoms with Crippen LogP contribution in [0.25, 0.3) is 0 Å². The summed E-state index contributed by atoms with van der Waals surface area (Å²) < 4.78 is 0. The van der Waals surface area contributed by atoms with Gasteiger partial charge >= 0.3 is 12.0 Å². The molecule has 0 aromatic heterocycles. The van der Waals surface area contributed by atoms with Crippen molar-refractivity contribution in [3.63, 3.8) is 0 Å². The van der Waals surface area contributed by atoms with Crippen LogP contribution in [0.5, 0.6) is 0 Å². The van der Waals surface area contributed by atoms with Gasteiger partial charge in [0.05, 0.1) is 0 Å². The maximum atomic E-state index is 12.1. The van der Waals surface area contributed by atoms with Gasteiger partial charge in [-0.05, 0) is 38.0 Å². The van der Waals surface area contributed by atoms with Crippen molar-refractivity contribution in [2.24, 2.45) is 5.92 Å². The zero-order valence-electron chi connectivity index (χ0n) is 12.9. The second-order valence-electron chi connectivity index (χ2n) is 5.82. The number of hydrogen-bond donors (Lipinski definition) is 2. The van der Waals surface area contributed by atoms with Gasteiger partial charge in [0.2, 0.25) is 0 Å². The normalized spacial score (nSPS) is 23.9. The predicted octanol–water partition coefficient (Wildman–Crippen LogP) is 2.85. The summed E-state index contributed by atoms with van der Waals surface area (Å²) in [5.41, 5.74) is 0. The zero-order chi connectivity index (χ0) is 15.1. The molecule has 0 aromatic rings. The summed E-state index contributed by atoms with van der Waals surface area (Å²) in [6.45, 7) is 4.13. The van der Waals surface area contributed by atoms with E-state index in [1.807, 2.05) is 6.92 Å². The summed E-state index contributed by atoms with van der Waals surface area (Å²) >= 11 is 0. The first-order valence-corrected chi connectivity index (χ1v) is 7.75. The van der Waals surface area contributed by atoms with Gasteiger partial charge in [0.1, 0.15) is 6.04 Å². The first kappa shape index (κ1) is 16.8. The van der Waals surface area contributed by atoms with Gasteiger partial charge in [-0.25, -0.2) is 9.59 Å². The zero-order valence-corrected chi connectivity index (χ0v) is 12.9. The van der Waals surface area contributed by atoms with Gasteiger partial charge in [0.15, 0.2) is 0 Å². The number of carboxylic acids is 1. The molecule has 1 saturated carbocycles. The van der Waals surface area contributed by atoms with Crippen molar-refractivity contribution in [3.05, 3.63) is 0 Å². The minimum absolute atomic E-state index is 0.244. The first-order chi connectivity index (χ1) is 9.49. The van der Waals surface area contributed by atoms with E-state index < -0.39 is 12.0 Å². The van der Waals surface area contributed by atoms with E-state index in [1.54, 1.807) is 11.9 Å². The molecule has 0 saturated heterocycles. The van der Waals surface area contributed by atoms with Crippen LogP contribution >= 0.6 is 0 Å². The first-order valence-electron chi connectivity index (χ1n) is 7.75. The van der Waals surface area contributed by atoms with Gasteiger partial charge in [0, 0.05) is 13.1 Å². The molecule has 5 heteroatoms. The molecule has 0 bridgehead atoms. The molecule has 2 amide bonds. The van der Waals surface area contributed by atoms with Gasteiger partial charge in [-0.2, -0.15) is 0 Å². The smallest absolute Gasteiger partial charge is 0.326 e. The summed E-state index contributed by atoms with van der Waals surface area (Å²) in [6, 6.07) is -0.790. The number of carboxylic acid groups (broad SMARTS) is 1. The van der Waals surface area contributed by atoms with Crippen LogP contribution in [-0.2, 0) is 4.79 Å². The standard InChI is InChI=1S/C15H28N2O3/c1-4-6-13(14(18)19)16-15(20)17(3)12-9-7-11(5-2)8-10-12/h11-13H,4-10H2,1-3H3,(H,16,20)(H,18,19)/t11?,12?,13-/m1/s1. The summed E-state index contributed by atoms with van der Waals surface area (Å²) in [5, 5.41) is 11.7. The molecular weight excluding hydrogens is 256 g/mol. The van der Waals surface area contributed by atoms with E-state index in [1.165, 1.54) is 6.42 Å². The molecule has 1 aliphatic rings. The molecule has 5 nitrogen and oxygen atoms in total. The molecule has 2 N–H and O–H groups in total. The Hall–Kier alpha value is -1.26. The molecular formula is C15H28N2O3. The minimum Gasteiger partial charge on any atom is -0.480 e. The number of carbonyl (C=O) groups is 2. The number of hydrogen-bond acceptors (Lipinski definition) is 2. The Morgan fingerprint density at radius 2 is 1.85 bits per heavy atom. The lowest BCUT2D eigenvalue weighted by atomic mass is 9.84. The molecule has 1 rings (SSSR count). The summed E-state index contributed by atoms with van der Waals surface area (Å²) in [5.74, 6) is -0.169. The molecule has 1 aliphatic carbocycles. The average Bonchev–Trinajstić information content (AvgIpc) is 2.45. The number of carbonyl (C=O) groups excluding carboxylic acids is 1. The molecule has 0 radical (unpaired) electrons. The Morgan fingerprint density at radius 3 is 2.30 bits per heavy atom. The Kier molecular flexibility index (Phi) is 6.82. The van der Waals surface area contributed by atoms with Crippen LogP contribution in [0, 0.1) is 5.92 Å². The van der Waals surface area contributed by atoms with E-state index in [9.17, 15) is 9.59 Å². The largest absolute Gasteiger partial charge is 0.480 e. The highest BCUT2D eigenvalue weighted by Crippen LogP contribution is 2.28. The number of aliphatic carboxylic acids is 1. The molecule has 0 heterocycles. The maximum Gasteiger partial charge on any atom is 0.326 e. The molecule has 0 spiro atoms. The van der Waals surface area contributed by atoms with E-state index in [2.05, 4.69) is 12.2 Å². The Morgan fingerprint density at radius 1 is 1.25 bits per heavy atom. The Bertz CT molecular complexity index is 325. The van der Waals surface area contributed by atoms with E-state index in [0.717, 1.165) is 38.0 Å². The third kappa shape index (κ3) is 4.69. The molecule has 0 aliphatic heterocycles. The minimum atomic E-state index is -0.955. The lowest BCUT2D eigenvalue weighted by Gasteiger charge is -2.35. The second-order valence-corrected chi connectivity index (χ2v) is 5.82. The highest BCUT2D eigenvalue weighted by molar-refractivity contribution is 5.82. The van der Waals surface area contributed by atoms with Gasteiger partial charge in [-0.15, -0.1) is 0 Å². The average molecular weight is 284 g/mol. The third-order valence-corrected chi connectivity index (χ3v) is 4.43. The van der Waals surface area contributed by atoms with Gasteiger partial charge < -0.3 is 15.3 Å². The molecule has 116 valence electrons. The van der Waals surface area contributed by atoms with Crippen LogP contribution in [0.15, 0.2) is 0 Å². The van der Waals surface area contributed by atoms with Gasteiger partial charge in [-0.3, -0.25) is 0 Å². The fraction of sp³-hybridized carbons (Fsp3) is 0.867. The lowest BCUT2D eigenvalue weighted by Crippen LogP contribution is -2.50. The summed E-state index contributed by atoms with van der Waals surface area (Å²) in [7, 11) is 1.77.